The van der Waals surface area contributed by atoms with Crippen molar-refractivity contribution >= 4 is 28.7 Å². The number of benzene rings is 1. The van der Waals surface area contributed by atoms with Gasteiger partial charge in [-0.1, -0.05) is 6.07 Å². The van der Waals surface area contributed by atoms with Crippen LogP contribution in [0.2, 0.25) is 0 Å². The van der Waals surface area contributed by atoms with Gasteiger partial charge in [-0.15, -0.1) is 0 Å². The minimum Gasteiger partial charge on any atom is -0.347 e. The van der Waals surface area contributed by atoms with E-state index in [1.165, 1.54) is 11.7 Å². The standard InChI is InChI=1S/C17H17N7OS/c1-10-5-11(2)24(21-10)9-13-7-16(20-19-13)17(25)18-8-12-3-4-14-15(6-12)23-26-22-14/h3-7H,8-9H2,1-2H3,(H,18,25)(H,19,20). The molecule has 0 unspecified atom stereocenters. The fourth-order valence-electron chi connectivity index (χ4n) is 2.77. The van der Waals surface area contributed by atoms with E-state index in [4.69, 9.17) is 0 Å². The molecule has 26 heavy (non-hydrogen) atoms. The summed E-state index contributed by atoms with van der Waals surface area (Å²) in [5.41, 5.74) is 5.90. The Bertz CT molecular complexity index is 1080. The molecule has 0 bridgehead atoms. The Kier molecular flexibility index (Phi) is 4.21. The van der Waals surface area contributed by atoms with E-state index in [1.807, 2.05) is 42.8 Å². The van der Waals surface area contributed by atoms with Gasteiger partial charge in [-0.05, 0) is 43.7 Å². The lowest BCUT2D eigenvalue weighted by atomic mass is 10.2. The number of H-pyrrole nitrogens is 1. The van der Waals surface area contributed by atoms with Gasteiger partial charge in [-0.2, -0.15) is 18.9 Å². The van der Waals surface area contributed by atoms with E-state index in [2.05, 4.69) is 29.4 Å². The lowest BCUT2D eigenvalue weighted by molar-refractivity contribution is 0.0946. The molecule has 0 atom stereocenters. The van der Waals surface area contributed by atoms with Crippen molar-refractivity contribution in [2.75, 3.05) is 0 Å². The van der Waals surface area contributed by atoms with Gasteiger partial charge in [0.2, 0.25) is 0 Å². The third-order valence-corrected chi connectivity index (χ3v) is 4.61. The number of nitrogens with one attached hydrogen (secondary N) is 2. The summed E-state index contributed by atoms with van der Waals surface area (Å²) in [6.45, 7) is 4.91. The SMILES string of the molecule is Cc1cc(C)n(Cc2cc(C(=O)NCc3ccc4nsnc4c3)n[nH]2)n1. The molecular weight excluding hydrogens is 350 g/mol. The first-order chi connectivity index (χ1) is 12.6. The zero-order chi connectivity index (χ0) is 18.1. The number of nitrogens with zero attached hydrogens (tertiary/aromatic N) is 5. The summed E-state index contributed by atoms with van der Waals surface area (Å²) in [5, 5.41) is 14.3. The predicted molar refractivity (Wildman–Crippen MR) is 98.0 cm³/mol. The van der Waals surface area contributed by atoms with E-state index in [9.17, 15) is 4.79 Å². The molecule has 0 aliphatic heterocycles. The van der Waals surface area contributed by atoms with Crippen LogP contribution in [0.15, 0.2) is 30.3 Å². The molecule has 1 amide bonds. The zero-order valence-electron chi connectivity index (χ0n) is 14.4. The Balaban J connectivity index is 1.40. The molecule has 0 spiro atoms. The van der Waals surface area contributed by atoms with Crippen LogP contribution in [0.1, 0.15) is 33.1 Å². The average Bonchev–Trinajstić information content (AvgIpc) is 3.33. The minimum absolute atomic E-state index is 0.225. The Morgan fingerprint density at radius 3 is 2.85 bits per heavy atom. The normalized spacial score (nSPS) is 11.2. The molecular formula is C17H17N7OS. The van der Waals surface area contributed by atoms with Crippen molar-refractivity contribution in [2.45, 2.75) is 26.9 Å². The van der Waals surface area contributed by atoms with E-state index < -0.39 is 0 Å². The molecule has 2 N–H and O–H groups in total. The number of rotatable bonds is 5. The molecule has 0 saturated carbocycles. The first kappa shape index (κ1) is 16.4. The van der Waals surface area contributed by atoms with Gasteiger partial charge < -0.3 is 5.32 Å². The van der Waals surface area contributed by atoms with Gasteiger partial charge in [-0.3, -0.25) is 14.6 Å². The summed E-state index contributed by atoms with van der Waals surface area (Å²) in [5.74, 6) is -0.225. The number of aromatic amines is 1. The Morgan fingerprint density at radius 1 is 1.19 bits per heavy atom. The number of amides is 1. The summed E-state index contributed by atoms with van der Waals surface area (Å²) < 4.78 is 10.3. The molecule has 8 nitrogen and oxygen atoms in total. The van der Waals surface area contributed by atoms with Gasteiger partial charge in [0.1, 0.15) is 16.7 Å². The van der Waals surface area contributed by atoms with E-state index in [-0.39, 0.29) is 5.91 Å². The van der Waals surface area contributed by atoms with Gasteiger partial charge in [0.25, 0.3) is 5.91 Å². The number of carbonyl (C=O) groups excluding carboxylic acids is 1. The first-order valence-corrected chi connectivity index (χ1v) is 8.86. The van der Waals surface area contributed by atoms with Gasteiger partial charge in [-0.25, -0.2) is 0 Å². The molecule has 0 fully saturated rings. The second kappa shape index (κ2) is 6.68. The third kappa shape index (κ3) is 3.33. The van der Waals surface area contributed by atoms with Crippen molar-refractivity contribution in [1.82, 2.24) is 34.0 Å². The molecule has 3 heterocycles. The Morgan fingerprint density at radius 2 is 2.04 bits per heavy atom. The number of carbonyl (C=O) groups is 1. The second-order valence-corrected chi connectivity index (χ2v) is 6.66. The van der Waals surface area contributed by atoms with Crippen LogP contribution in [0.25, 0.3) is 11.0 Å². The van der Waals surface area contributed by atoms with Crippen LogP contribution in [0.5, 0.6) is 0 Å². The monoisotopic (exact) mass is 367 g/mol. The summed E-state index contributed by atoms with van der Waals surface area (Å²) in [6.07, 6.45) is 0. The number of fused-ring (bicyclic) bond motifs is 1. The van der Waals surface area contributed by atoms with E-state index in [0.717, 1.165) is 33.7 Å². The summed E-state index contributed by atoms with van der Waals surface area (Å²) in [7, 11) is 0. The zero-order valence-corrected chi connectivity index (χ0v) is 15.2. The van der Waals surface area contributed by atoms with E-state index >= 15 is 0 Å². The highest BCUT2D eigenvalue weighted by Gasteiger charge is 2.12. The van der Waals surface area contributed by atoms with Crippen molar-refractivity contribution in [3.63, 3.8) is 0 Å². The average molecular weight is 367 g/mol. The first-order valence-electron chi connectivity index (χ1n) is 8.13. The van der Waals surface area contributed by atoms with Crippen LogP contribution < -0.4 is 5.32 Å². The largest absolute Gasteiger partial charge is 0.347 e. The molecule has 0 aliphatic rings. The molecule has 132 valence electrons. The number of aryl methyl sites for hydroxylation is 2. The van der Waals surface area contributed by atoms with Gasteiger partial charge in [0.15, 0.2) is 0 Å². The summed E-state index contributed by atoms with van der Waals surface area (Å²) in [4.78, 5) is 12.3. The summed E-state index contributed by atoms with van der Waals surface area (Å²) in [6, 6.07) is 9.53. The predicted octanol–water partition coefficient (Wildman–Crippen LogP) is 2.21. The molecule has 4 aromatic rings. The highest BCUT2D eigenvalue weighted by Crippen LogP contribution is 2.13. The maximum Gasteiger partial charge on any atom is 0.272 e. The van der Waals surface area contributed by atoms with E-state index in [0.29, 0.717) is 18.8 Å². The van der Waals surface area contributed by atoms with Crippen molar-refractivity contribution in [3.8, 4) is 0 Å². The van der Waals surface area contributed by atoms with Crippen molar-refractivity contribution in [3.05, 3.63) is 58.7 Å². The van der Waals surface area contributed by atoms with Crippen molar-refractivity contribution < 1.29 is 4.79 Å². The van der Waals surface area contributed by atoms with Crippen molar-refractivity contribution in [1.29, 1.82) is 0 Å². The molecule has 1 aromatic carbocycles. The molecule has 0 saturated heterocycles. The lowest BCUT2D eigenvalue weighted by Gasteiger charge is -2.03. The number of hydrogen-bond acceptors (Lipinski definition) is 6. The lowest BCUT2D eigenvalue weighted by Crippen LogP contribution is -2.23. The highest BCUT2D eigenvalue weighted by atomic mass is 32.1. The van der Waals surface area contributed by atoms with Crippen LogP contribution in [-0.2, 0) is 13.1 Å². The topological polar surface area (TPSA) is 101 Å². The highest BCUT2D eigenvalue weighted by molar-refractivity contribution is 7.00. The third-order valence-electron chi connectivity index (χ3n) is 4.06. The van der Waals surface area contributed by atoms with Crippen LogP contribution in [0.4, 0.5) is 0 Å². The smallest absolute Gasteiger partial charge is 0.272 e. The fourth-order valence-corrected chi connectivity index (χ4v) is 3.28. The molecule has 9 heteroatoms. The molecule has 0 radical (unpaired) electrons. The fraction of sp³-hybridized carbons (Fsp3) is 0.235. The van der Waals surface area contributed by atoms with Crippen molar-refractivity contribution in [2.24, 2.45) is 0 Å². The Labute approximate surface area is 153 Å². The van der Waals surface area contributed by atoms with Crippen LogP contribution >= 0.6 is 11.7 Å². The van der Waals surface area contributed by atoms with Crippen LogP contribution in [0, 0.1) is 13.8 Å². The van der Waals surface area contributed by atoms with Crippen LogP contribution in [-0.4, -0.2) is 34.6 Å². The molecule has 3 aromatic heterocycles. The Hall–Kier alpha value is -3.07. The molecule has 0 aliphatic carbocycles. The quantitative estimate of drug-likeness (QED) is 0.563. The second-order valence-electron chi connectivity index (χ2n) is 6.13. The minimum atomic E-state index is -0.225. The summed E-state index contributed by atoms with van der Waals surface area (Å²) >= 11 is 1.18. The number of aromatic nitrogens is 6. The maximum absolute atomic E-state index is 12.3. The van der Waals surface area contributed by atoms with Crippen LogP contribution in [0.3, 0.4) is 0 Å². The number of hydrogen-bond donors (Lipinski definition) is 2. The van der Waals surface area contributed by atoms with Gasteiger partial charge in [0.05, 0.1) is 29.7 Å². The van der Waals surface area contributed by atoms with Gasteiger partial charge in [0, 0.05) is 12.2 Å². The maximum atomic E-state index is 12.3. The van der Waals surface area contributed by atoms with Gasteiger partial charge >= 0.3 is 0 Å². The van der Waals surface area contributed by atoms with E-state index in [1.54, 1.807) is 6.07 Å². The molecule has 4 rings (SSSR count).